The highest BCUT2D eigenvalue weighted by atomic mass is 31.2. The lowest BCUT2D eigenvalue weighted by Crippen LogP contribution is -2.44. The van der Waals surface area contributed by atoms with Crippen molar-refractivity contribution in [3.05, 3.63) is 0 Å². The van der Waals surface area contributed by atoms with Crippen LogP contribution in [0.1, 0.15) is 0 Å². The van der Waals surface area contributed by atoms with Crippen LogP contribution in [-0.4, -0.2) is 40.2 Å². The second kappa shape index (κ2) is 5.12. The maximum Gasteiger partial charge on any atom is 0.685 e. The molecule has 0 aliphatic carbocycles. The topological polar surface area (TPSA) is 77.4 Å². The van der Waals surface area contributed by atoms with Gasteiger partial charge in [0.1, 0.15) is 0 Å². The Kier molecular flexibility index (Phi) is 5.31. The molecule has 0 fully saturated rings. The predicted molar refractivity (Wildman–Crippen MR) is 39.2 cm³/mol. The van der Waals surface area contributed by atoms with E-state index in [1.165, 1.54) is 21.3 Å². The van der Waals surface area contributed by atoms with E-state index in [0.29, 0.717) is 0 Å². The average molecular weight is 202 g/mol. The summed E-state index contributed by atoms with van der Waals surface area (Å²) in [5.41, 5.74) is 0. The molecule has 0 aromatic carbocycles. The van der Waals surface area contributed by atoms with Gasteiger partial charge in [0.2, 0.25) is 0 Å². The summed E-state index contributed by atoms with van der Waals surface area (Å²) < 4.78 is 18.7. The van der Waals surface area contributed by atoms with Gasteiger partial charge < -0.3 is 23.1 Å². The molecule has 0 unspecified atom stereocenters. The Balaban J connectivity index is 4.05. The molecule has 0 saturated heterocycles. The number of hydrogen-bond acceptors (Lipinski definition) is 6. The Hall–Kier alpha value is 0.407. The first-order chi connectivity index (χ1) is 5.10. The van der Waals surface area contributed by atoms with Crippen molar-refractivity contribution in [2.45, 2.75) is 0 Å². The molecule has 8 heteroatoms. The van der Waals surface area contributed by atoms with Gasteiger partial charge in [0, 0.05) is 21.3 Å². The first-order valence-electron chi connectivity index (χ1n) is 2.62. The van der Waals surface area contributed by atoms with E-state index in [9.17, 15) is 0 Å². The van der Waals surface area contributed by atoms with Gasteiger partial charge in [-0.15, -0.1) is 0 Å². The van der Waals surface area contributed by atoms with Crippen molar-refractivity contribution in [2.75, 3.05) is 21.3 Å². The molecule has 0 heterocycles. The Labute approximate surface area is 67.1 Å². The van der Waals surface area contributed by atoms with Crippen molar-refractivity contribution in [1.29, 1.82) is 0 Å². The molecule has 0 aliphatic heterocycles. The van der Waals surface area contributed by atoms with Crippen molar-refractivity contribution in [2.24, 2.45) is 0 Å². The standard InChI is InChI=1S/C3H11O6PSi/c1-6-11(7-2,8-3)9-10(4)5/h4-5H,1-3H3. The van der Waals surface area contributed by atoms with Crippen LogP contribution in [0, 0.1) is 0 Å². The molecular weight excluding hydrogens is 191 g/mol. The van der Waals surface area contributed by atoms with E-state index in [-0.39, 0.29) is 0 Å². The zero-order valence-electron chi connectivity index (χ0n) is 6.47. The van der Waals surface area contributed by atoms with Gasteiger partial charge in [-0.1, -0.05) is 0 Å². The molecule has 0 aliphatic rings. The SMILES string of the molecule is CO[Si](OC)(OC)OP(O)O. The smallest absolute Gasteiger partial charge is 0.354 e. The fourth-order valence-corrected chi connectivity index (χ4v) is 2.66. The third-order valence-electron chi connectivity index (χ3n) is 0.943. The molecule has 68 valence electrons. The highest BCUT2D eigenvalue weighted by Crippen LogP contribution is 2.30. The van der Waals surface area contributed by atoms with Crippen molar-refractivity contribution >= 4 is 17.7 Å². The van der Waals surface area contributed by atoms with E-state index < -0.39 is 17.7 Å². The third-order valence-corrected chi connectivity index (χ3v) is 3.99. The van der Waals surface area contributed by atoms with Crippen LogP contribution in [0.2, 0.25) is 0 Å². The largest absolute Gasteiger partial charge is 0.685 e. The fraction of sp³-hybridized carbons (Fsp3) is 1.00. The first-order valence-corrected chi connectivity index (χ1v) is 5.42. The molecule has 0 amide bonds. The van der Waals surface area contributed by atoms with E-state index in [0.717, 1.165) is 0 Å². The highest BCUT2D eigenvalue weighted by molar-refractivity contribution is 7.41. The fourth-order valence-electron chi connectivity index (χ4n) is 0.462. The summed E-state index contributed by atoms with van der Waals surface area (Å²) in [7, 11) is -1.86. The Bertz CT molecular complexity index is 97.7. The van der Waals surface area contributed by atoms with E-state index in [1.54, 1.807) is 0 Å². The Morgan fingerprint density at radius 2 is 1.36 bits per heavy atom. The molecule has 6 nitrogen and oxygen atoms in total. The molecule has 0 aromatic heterocycles. The van der Waals surface area contributed by atoms with Gasteiger partial charge in [-0.25, -0.2) is 0 Å². The minimum atomic E-state index is -3.25. The molecule has 2 N–H and O–H groups in total. The summed E-state index contributed by atoms with van der Waals surface area (Å²) in [6.07, 6.45) is 0. The van der Waals surface area contributed by atoms with Crippen molar-refractivity contribution in [3.8, 4) is 0 Å². The van der Waals surface area contributed by atoms with Gasteiger partial charge >= 0.3 is 17.7 Å². The van der Waals surface area contributed by atoms with Gasteiger partial charge in [-0.3, -0.25) is 4.21 Å². The van der Waals surface area contributed by atoms with E-state index in [4.69, 9.17) is 23.1 Å². The van der Waals surface area contributed by atoms with Crippen molar-refractivity contribution < 1.29 is 27.3 Å². The van der Waals surface area contributed by atoms with Crippen LogP contribution < -0.4 is 0 Å². The van der Waals surface area contributed by atoms with Crippen LogP contribution in [0.4, 0.5) is 0 Å². The van der Waals surface area contributed by atoms with Crippen LogP contribution in [0.3, 0.4) is 0 Å². The maximum absolute atomic E-state index is 8.47. The first kappa shape index (κ1) is 11.4. The summed E-state index contributed by atoms with van der Waals surface area (Å²) in [6.45, 7) is 0. The maximum atomic E-state index is 8.47. The van der Waals surface area contributed by atoms with E-state index in [1.807, 2.05) is 0 Å². The van der Waals surface area contributed by atoms with Gasteiger partial charge in [0.15, 0.2) is 0 Å². The number of hydrogen-bond donors (Lipinski definition) is 2. The quantitative estimate of drug-likeness (QED) is 0.466. The van der Waals surface area contributed by atoms with Crippen LogP contribution in [0.5, 0.6) is 0 Å². The second-order valence-corrected chi connectivity index (χ2v) is 4.92. The molecule has 0 atom stereocenters. The zero-order chi connectivity index (χ0) is 8.91. The summed E-state index contributed by atoms with van der Waals surface area (Å²) >= 11 is 0. The van der Waals surface area contributed by atoms with Crippen LogP contribution in [0.25, 0.3) is 0 Å². The molecule has 0 rings (SSSR count). The van der Waals surface area contributed by atoms with Gasteiger partial charge in [0.25, 0.3) is 0 Å². The molecule has 0 bridgehead atoms. The Morgan fingerprint density at radius 1 is 1.00 bits per heavy atom. The normalized spacial score (nSPS) is 12.5. The van der Waals surface area contributed by atoms with Crippen LogP contribution in [0.15, 0.2) is 0 Å². The highest BCUT2D eigenvalue weighted by Gasteiger charge is 2.45. The predicted octanol–water partition coefficient (Wildman–Crippen LogP) is -0.411. The third kappa shape index (κ3) is 3.54. The molecule has 0 aromatic rings. The van der Waals surface area contributed by atoms with E-state index in [2.05, 4.69) is 4.21 Å². The van der Waals surface area contributed by atoms with Gasteiger partial charge in [-0.2, -0.15) is 0 Å². The van der Waals surface area contributed by atoms with Crippen molar-refractivity contribution in [1.82, 2.24) is 0 Å². The lowest BCUT2D eigenvalue weighted by atomic mass is 11.8. The Morgan fingerprint density at radius 3 is 1.45 bits per heavy atom. The molecule has 0 radical (unpaired) electrons. The molecule has 0 spiro atoms. The molecule has 11 heavy (non-hydrogen) atoms. The summed E-state index contributed by atoms with van der Waals surface area (Å²) in [5, 5.41) is 0. The minimum absolute atomic E-state index is 1.30. The van der Waals surface area contributed by atoms with Gasteiger partial charge in [-0.05, 0) is 0 Å². The summed E-state index contributed by atoms with van der Waals surface area (Å²) in [6, 6.07) is 0. The molecule has 0 saturated carbocycles. The minimum Gasteiger partial charge on any atom is -0.354 e. The average Bonchev–Trinajstić information content (AvgIpc) is 2.00. The lowest BCUT2D eigenvalue weighted by molar-refractivity contribution is 0.0467. The van der Waals surface area contributed by atoms with Crippen LogP contribution >= 0.6 is 8.60 Å². The van der Waals surface area contributed by atoms with Gasteiger partial charge in [0.05, 0.1) is 0 Å². The zero-order valence-corrected chi connectivity index (χ0v) is 8.37. The van der Waals surface area contributed by atoms with E-state index >= 15 is 0 Å². The summed E-state index contributed by atoms with van der Waals surface area (Å²) in [4.78, 5) is 16.9. The molecular formula is C3H11O6PSi. The second-order valence-electron chi connectivity index (χ2n) is 1.46. The number of rotatable bonds is 5. The monoisotopic (exact) mass is 202 g/mol. The van der Waals surface area contributed by atoms with Crippen molar-refractivity contribution in [3.63, 3.8) is 0 Å². The summed E-state index contributed by atoms with van der Waals surface area (Å²) in [5.74, 6) is 0. The van der Waals surface area contributed by atoms with Crippen LogP contribution in [-0.2, 0) is 17.5 Å². The lowest BCUT2D eigenvalue weighted by Gasteiger charge is -2.22.